The molecule has 1 unspecified atom stereocenters. The van der Waals surface area contributed by atoms with Crippen LogP contribution in [0.25, 0.3) is 0 Å². The Morgan fingerprint density at radius 1 is 1.41 bits per heavy atom. The first kappa shape index (κ1) is 14.3. The maximum atomic E-state index is 10.1. The summed E-state index contributed by atoms with van der Waals surface area (Å²) in [6, 6.07) is 0. The lowest BCUT2D eigenvalue weighted by atomic mass is 9.70. The first-order valence-electron chi connectivity index (χ1n) is 6.64. The van der Waals surface area contributed by atoms with Crippen LogP contribution in [0.4, 0.5) is 0 Å². The van der Waals surface area contributed by atoms with Crippen molar-refractivity contribution in [3.8, 4) is 11.8 Å². The third kappa shape index (κ3) is 3.89. The molecule has 1 atom stereocenters. The third-order valence-corrected chi connectivity index (χ3v) is 3.94. The molecule has 1 aliphatic carbocycles. The van der Waals surface area contributed by atoms with Crippen molar-refractivity contribution >= 4 is 0 Å². The Kier molecular flexibility index (Phi) is 4.44. The SMILES string of the molecule is CC#CC(C)(O)CCC1=C(C)CCCC1(C)C. The number of hydrogen-bond acceptors (Lipinski definition) is 1. The molecule has 1 nitrogen and oxygen atoms in total. The highest BCUT2D eigenvalue weighted by Gasteiger charge is 2.29. The van der Waals surface area contributed by atoms with Gasteiger partial charge in [0.2, 0.25) is 0 Å². The molecule has 1 N–H and O–H groups in total. The summed E-state index contributed by atoms with van der Waals surface area (Å²) in [5.41, 5.74) is 2.54. The minimum atomic E-state index is -0.838. The average Bonchev–Trinajstić information content (AvgIpc) is 2.15. The fraction of sp³-hybridized carbons (Fsp3) is 0.750. The molecule has 1 rings (SSSR count). The summed E-state index contributed by atoms with van der Waals surface area (Å²) in [4.78, 5) is 0. The molecule has 0 saturated heterocycles. The van der Waals surface area contributed by atoms with Gasteiger partial charge >= 0.3 is 0 Å². The summed E-state index contributed by atoms with van der Waals surface area (Å²) >= 11 is 0. The van der Waals surface area contributed by atoms with Gasteiger partial charge in [0.15, 0.2) is 0 Å². The Balaban J connectivity index is 2.76. The molecule has 17 heavy (non-hydrogen) atoms. The van der Waals surface area contributed by atoms with Crippen LogP contribution in [0, 0.1) is 17.3 Å². The molecule has 0 spiro atoms. The monoisotopic (exact) mass is 234 g/mol. The first-order chi connectivity index (χ1) is 7.78. The molecule has 1 heteroatoms. The molecule has 96 valence electrons. The fourth-order valence-electron chi connectivity index (χ4n) is 2.93. The van der Waals surface area contributed by atoms with E-state index in [9.17, 15) is 5.11 Å². The number of allylic oxidation sites excluding steroid dienone is 2. The van der Waals surface area contributed by atoms with Crippen molar-refractivity contribution in [2.45, 2.75) is 72.3 Å². The van der Waals surface area contributed by atoms with E-state index in [-0.39, 0.29) is 0 Å². The van der Waals surface area contributed by atoms with E-state index in [2.05, 4.69) is 32.6 Å². The zero-order valence-corrected chi connectivity index (χ0v) is 12.0. The van der Waals surface area contributed by atoms with Crippen LogP contribution in [0.3, 0.4) is 0 Å². The summed E-state index contributed by atoms with van der Waals surface area (Å²) in [7, 11) is 0. The van der Waals surface area contributed by atoms with Gasteiger partial charge in [-0.3, -0.25) is 0 Å². The predicted molar refractivity (Wildman–Crippen MR) is 73.6 cm³/mol. The summed E-state index contributed by atoms with van der Waals surface area (Å²) in [5, 5.41) is 10.1. The predicted octanol–water partition coefficient (Wildman–Crippen LogP) is 4.07. The normalized spacial score (nSPS) is 22.7. The van der Waals surface area contributed by atoms with E-state index in [1.807, 2.05) is 6.92 Å². The van der Waals surface area contributed by atoms with Crippen molar-refractivity contribution in [3.05, 3.63) is 11.1 Å². The Labute approximate surface area is 106 Å². The van der Waals surface area contributed by atoms with Gasteiger partial charge in [0.05, 0.1) is 0 Å². The van der Waals surface area contributed by atoms with Gasteiger partial charge in [0.25, 0.3) is 0 Å². The van der Waals surface area contributed by atoms with Crippen LogP contribution in [0.1, 0.15) is 66.7 Å². The minimum absolute atomic E-state index is 0.304. The zero-order chi connectivity index (χ0) is 13.1. The highest BCUT2D eigenvalue weighted by Crippen LogP contribution is 2.42. The van der Waals surface area contributed by atoms with Crippen molar-refractivity contribution in [1.29, 1.82) is 0 Å². The number of hydrogen-bond donors (Lipinski definition) is 1. The second-order valence-electron chi connectivity index (χ2n) is 6.15. The van der Waals surface area contributed by atoms with E-state index >= 15 is 0 Å². The van der Waals surface area contributed by atoms with Gasteiger partial charge in [-0.25, -0.2) is 0 Å². The third-order valence-electron chi connectivity index (χ3n) is 3.94. The maximum Gasteiger partial charge on any atom is 0.123 e. The number of rotatable bonds is 3. The molecule has 0 heterocycles. The average molecular weight is 234 g/mol. The van der Waals surface area contributed by atoms with E-state index in [1.54, 1.807) is 12.5 Å². The van der Waals surface area contributed by atoms with Crippen LogP contribution in [0.5, 0.6) is 0 Å². The van der Waals surface area contributed by atoms with Crippen LogP contribution in [0.15, 0.2) is 11.1 Å². The summed E-state index contributed by atoms with van der Waals surface area (Å²) < 4.78 is 0. The highest BCUT2D eigenvalue weighted by molar-refractivity contribution is 5.23. The van der Waals surface area contributed by atoms with Crippen molar-refractivity contribution < 1.29 is 5.11 Å². The Hall–Kier alpha value is -0.740. The van der Waals surface area contributed by atoms with E-state index in [1.165, 1.54) is 24.8 Å². The van der Waals surface area contributed by atoms with Crippen LogP contribution < -0.4 is 0 Å². The quantitative estimate of drug-likeness (QED) is 0.576. The number of aliphatic hydroxyl groups is 1. The second-order valence-corrected chi connectivity index (χ2v) is 6.15. The molecular formula is C16H26O. The van der Waals surface area contributed by atoms with Gasteiger partial charge in [0, 0.05) is 0 Å². The van der Waals surface area contributed by atoms with Crippen molar-refractivity contribution in [2.24, 2.45) is 5.41 Å². The molecule has 0 aromatic heterocycles. The molecule has 0 bridgehead atoms. The van der Waals surface area contributed by atoms with E-state index in [0.29, 0.717) is 5.41 Å². The fourth-order valence-corrected chi connectivity index (χ4v) is 2.93. The molecule has 0 saturated carbocycles. The van der Waals surface area contributed by atoms with E-state index < -0.39 is 5.60 Å². The molecule has 0 fully saturated rings. The largest absolute Gasteiger partial charge is 0.378 e. The maximum absolute atomic E-state index is 10.1. The van der Waals surface area contributed by atoms with Crippen molar-refractivity contribution in [1.82, 2.24) is 0 Å². The van der Waals surface area contributed by atoms with E-state index in [0.717, 1.165) is 12.8 Å². The molecular weight excluding hydrogens is 208 g/mol. The Bertz CT molecular complexity index is 361. The van der Waals surface area contributed by atoms with Gasteiger partial charge in [0.1, 0.15) is 5.60 Å². The lowest BCUT2D eigenvalue weighted by molar-refractivity contribution is 0.110. The first-order valence-corrected chi connectivity index (χ1v) is 6.64. The topological polar surface area (TPSA) is 20.2 Å². The summed E-state index contributed by atoms with van der Waals surface area (Å²) in [6.45, 7) is 10.5. The van der Waals surface area contributed by atoms with Crippen molar-refractivity contribution in [2.75, 3.05) is 0 Å². The van der Waals surface area contributed by atoms with Crippen LogP contribution in [-0.4, -0.2) is 10.7 Å². The van der Waals surface area contributed by atoms with Gasteiger partial charge in [-0.15, -0.1) is 5.92 Å². The van der Waals surface area contributed by atoms with Gasteiger partial charge in [-0.1, -0.05) is 30.9 Å². The lowest BCUT2D eigenvalue weighted by Gasteiger charge is -2.35. The summed E-state index contributed by atoms with van der Waals surface area (Å²) in [6.07, 6.45) is 5.50. The molecule has 0 aliphatic heterocycles. The van der Waals surface area contributed by atoms with Crippen LogP contribution in [-0.2, 0) is 0 Å². The van der Waals surface area contributed by atoms with Gasteiger partial charge < -0.3 is 5.11 Å². The van der Waals surface area contributed by atoms with Gasteiger partial charge in [-0.2, -0.15) is 0 Å². The Morgan fingerprint density at radius 2 is 2.06 bits per heavy atom. The standard InChI is InChI=1S/C16H26O/c1-6-10-16(5,17)12-9-14-13(2)8-7-11-15(14,3)4/h17H,7-9,11-12H2,1-5H3. The zero-order valence-electron chi connectivity index (χ0n) is 12.0. The molecule has 0 aromatic carbocycles. The second kappa shape index (κ2) is 5.27. The lowest BCUT2D eigenvalue weighted by Crippen LogP contribution is -2.25. The Morgan fingerprint density at radius 3 is 2.59 bits per heavy atom. The molecule has 0 amide bonds. The molecule has 0 radical (unpaired) electrons. The molecule has 1 aliphatic rings. The molecule has 0 aromatic rings. The summed E-state index contributed by atoms with van der Waals surface area (Å²) in [5.74, 6) is 5.70. The van der Waals surface area contributed by atoms with Crippen molar-refractivity contribution in [3.63, 3.8) is 0 Å². The van der Waals surface area contributed by atoms with Crippen LogP contribution in [0.2, 0.25) is 0 Å². The van der Waals surface area contributed by atoms with Crippen LogP contribution >= 0.6 is 0 Å². The van der Waals surface area contributed by atoms with Gasteiger partial charge in [-0.05, 0) is 58.3 Å². The minimum Gasteiger partial charge on any atom is -0.378 e. The smallest absolute Gasteiger partial charge is 0.123 e. The van der Waals surface area contributed by atoms with E-state index in [4.69, 9.17) is 0 Å². The highest BCUT2D eigenvalue weighted by atomic mass is 16.3.